The Morgan fingerprint density at radius 3 is 2.38 bits per heavy atom. The van der Waals surface area contributed by atoms with Gasteiger partial charge in [-0.05, 0) is 42.8 Å². The fourth-order valence-corrected chi connectivity index (χ4v) is 2.44. The predicted molar refractivity (Wildman–Crippen MR) is 106 cm³/mol. The molecule has 0 radical (unpaired) electrons. The third-order valence-corrected chi connectivity index (χ3v) is 3.65. The van der Waals surface area contributed by atoms with E-state index in [1.165, 1.54) is 4.90 Å². The fourth-order valence-electron chi connectivity index (χ4n) is 2.44. The first-order chi connectivity index (χ1) is 12.0. The van der Waals surface area contributed by atoms with Gasteiger partial charge in [0.1, 0.15) is 12.3 Å². The van der Waals surface area contributed by atoms with Crippen LogP contribution < -0.4 is 15.8 Å². The standard InChI is InChI=1S/C19H23N3O3.ClH/c1-3-12-22(19(24)14-8-10-15(20)11-9-14)13-18(23)21-16-6-4-5-7-17(16)25-2;/h4-11H,3,12-13,20H2,1-2H3,(H,21,23);1H. The number of ether oxygens (including phenoxy) is 1. The van der Waals surface area contributed by atoms with E-state index in [0.717, 1.165) is 6.42 Å². The van der Waals surface area contributed by atoms with Crippen molar-refractivity contribution in [3.63, 3.8) is 0 Å². The lowest BCUT2D eigenvalue weighted by Gasteiger charge is -2.22. The number of carbonyl (C=O) groups is 2. The van der Waals surface area contributed by atoms with Gasteiger partial charge in [-0.1, -0.05) is 19.1 Å². The number of para-hydroxylation sites is 2. The first-order valence-corrected chi connectivity index (χ1v) is 8.12. The highest BCUT2D eigenvalue weighted by molar-refractivity contribution is 6.00. The zero-order valence-electron chi connectivity index (χ0n) is 14.9. The molecule has 140 valence electrons. The molecule has 0 heterocycles. The largest absolute Gasteiger partial charge is 0.495 e. The number of amides is 2. The van der Waals surface area contributed by atoms with Crippen molar-refractivity contribution < 1.29 is 14.3 Å². The van der Waals surface area contributed by atoms with Crippen molar-refractivity contribution >= 4 is 35.6 Å². The van der Waals surface area contributed by atoms with Gasteiger partial charge >= 0.3 is 0 Å². The lowest BCUT2D eigenvalue weighted by atomic mass is 10.1. The molecule has 0 aliphatic carbocycles. The second-order valence-electron chi connectivity index (χ2n) is 5.60. The molecular formula is C19H24ClN3O3. The summed E-state index contributed by atoms with van der Waals surface area (Å²) in [5, 5.41) is 2.79. The van der Waals surface area contributed by atoms with Crippen LogP contribution in [-0.2, 0) is 4.79 Å². The van der Waals surface area contributed by atoms with E-state index in [1.807, 2.05) is 19.1 Å². The van der Waals surface area contributed by atoms with Crippen molar-refractivity contribution in [2.24, 2.45) is 0 Å². The van der Waals surface area contributed by atoms with Gasteiger partial charge in [0, 0.05) is 17.8 Å². The highest BCUT2D eigenvalue weighted by Gasteiger charge is 2.18. The van der Waals surface area contributed by atoms with Crippen LogP contribution in [0.5, 0.6) is 5.75 Å². The highest BCUT2D eigenvalue weighted by atomic mass is 35.5. The van der Waals surface area contributed by atoms with E-state index >= 15 is 0 Å². The minimum absolute atomic E-state index is 0. The van der Waals surface area contributed by atoms with E-state index in [4.69, 9.17) is 10.5 Å². The average molecular weight is 378 g/mol. The van der Waals surface area contributed by atoms with Crippen molar-refractivity contribution in [2.75, 3.05) is 31.2 Å². The van der Waals surface area contributed by atoms with Crippen molar-refractivity contribution in [3.05, 3.63) is 54.1 Å². The fraction of sp³-hybridized carbons (Fsp3) is 0.263. The third-order valence-electron chi connectivity index (χ3n) is 3.65. The quantitative estimate of drug-likeness (QED) is 0.726. The van der Waals surface area contributed by atoms with E-state index in [2.05, 4.69) is 5.32 Å². The van der Waals surface area contributed by atoms with E-state index < -0.39 is 0 Å². The number of anilines is 2. The summed E-state index contributed by atoms with van der Waals surface area (Å²) in [4.78, 5) is 26.5. The summed E-state index contributed by atoms with van der Waals surface area (Å²) in [6, 6.07) is 13.8. The smallest absolute Gasteiger partial charge is 0.254 e. The molecule has 6 nitrogen and oxygen atoms in total. The van der Waals surface area contributed by atoms with Gasteiger partial charge in [0.2, 0.25) is 5.91 Å². The molecule has 0 saturated heterocycles. The van der Waals surface area contributed by atoms with Gasteiger partial charge in [-0.15, -0.1) is 12.4 Å². The van der Waals surface area contributed by atoms with Crippen LogP contribution in [0.2, 0.25) is 0 Å². The van der Waals surface area contributed by atoms with E-state index in [-0.39, 0.29) is 30.8 Å². The van der Waals surface area contributed by atoms with Gasteiger partial charge in [0.15, 0.2) is 0 Å². The van der Waals surface area contributed by atoms with Crippen LogP contribution in [0.15, 0.2) is 48.5 Å². The lowest BCUT2D eigenvalue weighted by Crippen LogP contribution is -2.38. The van der Waals surface area contributed by atoms with Crippen LogP contribution in [0.3, 0.4) is 0 Å². The Morgan fingerprint density at radius 1 is 1.12 bits per heavy atom. The Kier molecular flexibility index (Phi) is 8.45. The molecule has 2 aromatic rings. The first-order valence-electron chi connectivity index (χ1n) is 8.12. The summed E-state index contributed by atoms with van der Waals surface area (Å²) < 4.78 is 5.22. The van der Waals surface area contributed by atoms with Gasteiger partial charge < -0.3 is 20.7 Å². The number of hydrogen-bond donors (Lipinski definition) is 2. The Morgan fingerprint density at radius 2 is 1.77 bits per heavy atom. The summed E-state index contributed by atoms with van der Waals surface area (Å²) >= 11 is 0. The average Bonchev–Trinajstić information content (AvgIpc) is 2.62. The van der Waals surface area contributed by atoms with Gasteiger partial charge in [-0.2, -0.15) is 0 Å². The number of rotatable bonds is 7. The Balaban J connectivity index is 0.00000338. The second-order valence-corrected chi connectivity index (χ2v) is 5.60. The molecular weight excluding hydrogens is 354 g/mol. The van der Waals surface area contributed by atoms with Crippen LogP contribution in [0.25, 0.3) is 0 Å². The summed E-state index contributed by atoms with van der Waals surface area (Å²) in [6.45, 7) is 2.42. The molecule has 0 unspecified atom stereocenters. The molecule has 0 bridgehead atoms. The highest BCUT2D eigenvalue weighted by Crippen LogP contribution is 2.23. The second kappa shape index (κ2) is 10.3. The molecule has 0 saturated carbocycles. The number of nitrogen functional groups attached to an aromatic ring is 1. The molecule has 0 spiro atoms. The summed E-state index contributed by atoms with van der Waals surface area (Å²) in [5.74, 6) is 0.0986. The Labute approximate surface area is 159 Å². The van der Waals surface area contributed by atoms with Gasteiger partial charge in [0.05, 0.1) is 12.8 Å². The molecule has 2 aromatic carbocycles. The minimum Gasteiger partial charge on any atom is -0.495 e. The van der Waals surface area contributed by atoms with Crippen molar-refractivity contribution in [1.82, 2.24) is 4.90 Å². The summed E-state index contributed by atoms with van der Waals surface area (Å²) in [5.41, 5.74) is 7.33. The zero-order chi connectivity index (χ0) is 18.2. The number of halogens is 1. The Hall–Kier alpha value is -2.73. The molecule has 2 amide bonds. The van der Waals surface area contributed by atoms with Crippen molar-refractivity contribution in [1.29, 1.82) is 0 Å². The van der Waals surface area contributed by atoms with Crippen LogP contribution in [0.4, 0.5) is 11.4 Å². The molecule has 26 heavy (non-hydrogen) atoms. The van der Waals surface area contributed by atoms with Crippen LogP contribution >= 0.6 is 12.4 Å². The lowest BCUT2D eigenvalue weighted by molar-refractivity contribution is -0.116. The number of nitrogens with two attached hydrogens (primary N) is 1. The number of benzene rings is 2. The molecule has 0 fully saturated rings. The van der Waals surface area contributed by atoms with Crippen LogP contribution in [0, 0.1) is 0 Å². The first kappa shape index (κ1) is 21.3. The molecule has 0 aliphatic rings. The number of methoxy groups -OCH3 is 1. The van der Waals surface area contributed by atoms with Crippen LogP contribution in [0.1, 0.15) is 23.7 Å². The van der Waals surface area contributed by atoms with Gasteiger partial charge in [-0.25, -0.2) is 0 Å². The van der Waals surface area contributed by atoms with Crippen molar-refractivity contribution in [2.45, 2.75) is 13.3 Å². The van der Waals surface area contributed by atoms with E-state index in [9.17, 15) is 9.59 Å². The van der Waals surface area contributed by atoms with E-state index in [1.54, 1.807) is 43.5 Å². The number of nitrogens with zero attached hydrogens (tertiary/aromatic N) is 1. The van der Waals surface area contributed by atoms with Crippen LogP contribution in [-0.4, -0.2) is 36.9 Å². The Bertz CT molecular complexity index is 735. The maximum Gasteiger partial charge on any atom is 0.254 e. The molecule has 3 N–H and O–H groups in total. The predicted octanol–water partition coefficient (Wildman–Crippen LogP) is 3.19. The summed E-state index contributed by atoms with van der Waals surface area (Å²) in [7, 11) is 1.54. The molecule has 0 aromatic heterocycles. The molecule has 0 aliphatic heterocycles. The number of carbonyl (C=O) groups excluding carboxylic acids is 2. The normalized spacial score (nSPS) is 9.77. The maximum absolute atomic E-state index is 12.6. The third kappa shape index (κ3) is 5.67. The van der Waals surface area contributed by atoms with Crippen molar-refractivity contribution in [3.8, 4) is 5.75 Å². The van der Waals surface area contributed by atoms with Gasteiger partial charge in [0.25, 0.3) is 5.91 Å². The number of hydrogen-bond acceptors (Lipinski definition) is 4. The number of nitrogens with one attached hydrogen (secondary N) is 1. The molecule has 2 rings (SSSR count). The minimum atomic E-state index is -0.276. The molecule has 0 atom stereocenters. The monoisotopic (exact) mass is 377 g/mol. The summed E-state index contributed by atoms with van der Waals surface area (Å²) in [6.07, 6.45) is 0.753. The van der Waals surface area contributed by atoms with Gasteiger partial charge in [-0.3, -0.25) is 9.59 Å². The van der Waals surface area contributed by atoms with E-state index in [0.29, 0.717) is 29.2 Å². The molecule has 7 heteroatoms. The zero-order valence-corrected chi connectivity index (χ0v) is 15.7. The maximum atomic E-state index is 12.6. The SMILES string of the molecule is CCCN(CC(=O)Nc1ccccc1OC)C(=O)c1ccc(N)cc1.Cl. The topological polar surface area (TPSA) is 84.7 Å².